The molecule has 1 unspecified atom stereocenters. The molecule has 0 spiro atoms. The van der Waals surface area contributed by atoms with Crippen molar-refractivity contribution in [1.29, 1.82) is 0 Å². The van der Waals surface area contributed by atoms with Crippen LogP contribution < -0.4 is 9.47 Å². The van der Waals surface area contributed by atoms with E-state index in [0.29, 0.717) is 12.2 Å². The Bertz CT molecular complexity index is 345. The first-order chi connectivity index (χ1) is 8.17. The molecule has 94 valence electrons. The zero-order chi connectivity index (χ0) is 12.7. The van der Waals surface area contributed by atoms with Gasteiger partial charge >= 0.3 is 5.97 Å². The molecule has 0 fully saturated rings. The van der Waals surface area contributed by atoms with Crippen LogP contribution in [0, 0.1) is 5.92 Å². The molecule has 1 atom stereocenters. The van der Waals surface area contributed by atoms with E-state index in [-0.39, 0.29) is 6.61 Å². The van der Waals surface area contributed by atoms with E-state index in [1.165, 1.54) is 0 Å². The van der Waals surface area contributed by atoms with E-state index >= 15 is 0 Å². The smallest absolute Gasteiger partial charge is 0.309 e. The van der Waals surface area contributed by atoms with Crippen molar-refractivity contribution in [1.82, 2.24) is 0 Å². The normalized spacial score (nSPS) is 11.9. The van der Waals surface area contributed by atoms with Gasteiger partial charge in [-0.2, -0.15) is 0 Å². The molecule has 1 N–H and O–H groups in total. The molecule has 0 heterocycles. The number of aliphatic carboxylic acids is 1. The van der Waals surface area contributed by atoms with E-state index in [1.54, 1.807) is 31.4 Å². The number of carbonyl (C=O) groups is 1. The monoisotopic (exact) mass is 238 g/mol. The molecule has 0 radical (unpaired) electrons. The van der Waals surface area contributed by atoms with Gasteiger partial charge in [0, 0.05) is 0 Å². The van der Waals surface area contributed by atoms with Crippen molar-refractivity contribution in [3.8, 4) is 11.5 Å². The van der Waals surface area contributed by atoms with Gasteiger partial charge in [0.25, 0.3) is 0 Å². The van der Waals surface area contributed by atoms with Crippen LogP contribution in [0.5, 0.6) is 11.5 Å². The summed E-state index contributed by atoms with van der Waals surface area (Å²) in [6, 6.07) is 7.10. The lowest BCUT2D eigenvalue weighted by Crippen LogP contribution is -2.21. The highest BCUT2D eigenvalue weighted by molar-refractivity contribution is 5.70. The molecule has 0 aliphatic carbocycles. The van der Waals surface area contributed by atoms with Gasteiger partial charge in [0.05, 0.1) is 13.0 Å². The molecular weight excluding hydrogens is 220 g/mol. The van der Waals surface area contributed by atoms with Crippen LogP contribution in [0.2, 0.25) is 0 Å². The van der Waals surface area contributed by atoms with Crippen LogP contribution in [0.3, 0.4) is 0 Å². The quantitative estimate of drug-likeness (QED) is 0.793. The Labute approximate surface area is 101 Å². The second-order valence-corrected chi connectivity index (χ2v) is 3.81. The molecule has 1 aromatic carbocycles. The SMILES string of the molecule is CCCC(COc1ccc(OC)cc1)C(=O)O. The van der Waals surface area contributed by atoms with Crippen LogP contribution in [0.4, 0.5) is 0 Å². The lowest BCUT2D eigenvalue weighted by molar-refractivity contribution is -0.143. The average molecular weight is 238 g/mol. The first-order valence-corrected chi connectivity index (χ1v) is 5.67. The fourth-order valence-electron chi connectivity index (χ4n) is 1.50. The van der Waals surface area contributed by atoms with Crippen molar-refractivity contribution in [2.75, 3.05) is 13.7 Å². The number of hydrogen-bond donors (Lipinski definition) is 1. The van der Waals surface area contributed by atoms with Gasteiger partial charge in [0.15, 0.2) is 0 Å². The third kappa shape index (κ3) is 4.34. The molecule has 4 heteroatoms. The number of methoxy groups -OCH3 is 1. The summed E-state index contributed by atoms with van der Waals surface area (Å²) < 4.78 is 10.5. The molecule has 0 aliphatic heterocycles. The van der Waals surface area contributed by atoms with Crippen molar-refractivity contribution >= 4 is 5.97 Å². The van der Waals surface area contributed by atoms with Crippen LogP contribution in [-0.2, 0) is 4.79 Å². The predicted molar refractivity (Wildman–Crippen MR) is 64.5 cm³/mol. The van der Waals surface area contributed by atoms with Gasteiger partial charge in [-0.25, -0.2) is 0 Å². The van der Waals surface area contributed by atoms with Gasteiger partial charge in [-0.1, -0.05) is 13.3 Å². The van der Waals surface area contributed by atoms with E-state index in [2.05, 4.69) is 0 Å². The van der Waals surface area contributed by atoms with Crippen molar-refractivity contribution in [3.63, 3.8) is 0 Å². The van der Waals surface area contributed by atoms with Crippen molar-refractivity contribution < 1.29 is 19.4 Å². The minimum Gasteiger partial charge on any atom is -0.497 e. The maximum atomic E-state index is 10.9. The van der Waals surface area contributed by atoms with Crippen LogP contribution in [0.1, 0.15) is 19.8 Å². The Morgan fingerprint density at radius 3 is 2.35 bits per heavy atom. The maximum Gasteiger partial charge on any atom is 0.309 e. The second-order valence-electron chi connectivity index (χ2n) is 3.81. The molecule has 0 saturated carbocycles. The molecule has 0 aromatic heterocycles. The van der Waals surface area contributed by atoms with Crippen molar-refractivity contribution in [2.45, 2.75) is 19.8 Å². The number of carboxylic acids is 1. The molecular formula is C13H18O4. The summed E-state index contributed by atoms with van der Waals surface area (Å²) in [5.74, 6) is 0.163. The highest BCUT2D eigenvalue weighted by atomic mass is 16.5. The number of benzene rings is 1. The topological polar surface area (TPSA) is 55.8 Å². The van der Waals surface area contributed by atoms with Gasteiger partial charge in [-0.15, -0.1) is 0 Å². The van der Waals surface area contributed by atoms with E-state index in [0.717, 1.165) is 12.2 Å². The van der Waals surface area contributed by atoms with E-state index < -0.39 is 11.9 Å². The number of hydrogen-bond acceptors (Lipinski definition) is 3. The Hall–Kier alpha value is -1.71. The average Bonchev–Trinajstić information content (AvgIpc) is 2.34. The van der Waals surface area contributed by atoms with Gasteiger partial charge in [0.1, 0.15) is 18.1 Å². The first-order valence-electron chi connectivity index (χ1n) is 5.67. The second kappa shape index (κ2) is 6.78. The predicted octanol–water partition coefficient (Wildman–Crippen LogP) is 2.57. The third-order valence-corrected chi connectivity index (χ3v) is 2.50. The van der Waals surface area contributed by atoms with E-state index in [1.807, 2.05) is 6.92 Å². The zero-order valence-corrected chi connectivity index (χ0v) is 10.2. The minimum atomic E-state index is -0.805. The highest BCUT2D eigenvalue weighted by Crippen LogP contribution is 2.18. The molecule has 4 nitrogen and oxygen atoms in total. The Kier molecular flexibility index (Phi) is 5.33. The highest BCUT2D eigenvalue weighted by Gasteiger charge is 2.16. The van der Waals surface area contributed by atoms with Gasteiger partial charge in [-0.05, 0) is 30.7 Å². The Morgan fingerprint density at radius 2 is 1.88 bits per heavy atom. The van der Waals surface area contributed by atoms with Crippen LogP contribution in [0.25, 0.3) is 0 Å². The molecule has 17 heavy (non-hydrogen) atoms. The standard InChI is InChI=1S/C13H18O4/c1-3-4-10(13(14)15)9-17-12-7-5-11(16-2)6-8-12/h5-8,10H,3-4,9H2,1-2H3,(H,14,15). The van der Waals surface area contributed by atoms with Crippen LogP contribution in [-0.4, -0.2) is 24.8 Å². The largest absolute Gasteiger partial charge is 0.497 e. The van der Waals surface area contributed by atoms with Crippen LogP contribution in [0.15, 0.2) is 24.3 Å². The van der Waals surface area contributed by atoms with Gasteiger partial charge in [0.2, 0.25) is 0 Å². The summed E-state index contributed by atoms with van der Waals surface area (Å²) in [4.78, 5) is 10.9. The third-order valence-electron chi connectivity index (χ3n) is 2.50. The first kappa shape index (κ1) is 13.4. The van der Waals surface area contributed by atoms with E-state index in [4.69, 9.17) is 14.6 Å². The van der Waals surface area contributed by atoms with Crippen LogP contribution >= 0.6 is 0 Å². The molecule has 0 saturated heterocycles. The van der Waals surface area contributed by atoms with Gasteiger partial charge in [-0.3, -0.25) is 4.79 Å². The summed E-state index contributed by atoms with van der Waals surface area (Å²) in [7, 11) is 1.59. The summed E-state index contributed by atoms with van der Waals surface area (Å²) in [6.07, 6.45) is 1.47. The Balaban J connectivity index is 2.50. The van der Waals surface area contributed by atoms with Crippen molar-refractivity contribution in [2.24, 2.45) is 5.92 Å². The Morgan fingerprint density at radius 1 is 1.29 bits per heavy atom. The lowest BCUT2D eigenvalue weighted by Gasteiger charge is -2.12. The summed E-state index contributed by atoms with van der Waals surface area (Å²) >= 11 is 0. The van der Waals surface area contributed by atoms with Gasteiger partial charge < -0.3 is 14.6 Å². The fraction of sp³-hybridized carbons (Fsp3) is 0.462. The molecule has 1 rings (SSSR count). The fourth-order valence-corrected chi connectivity index (χ4v) is 1.50. The number of rotatable bonds is 7. The van der Waals surface area contributed by atoms with Crippen molar-refractivity contribution in [3.05, 3.63) is 24.3 Å². The minimum absolute atomic E-state index is 0.204. The maximum absolute atomic E-state index is 10.9. The lowest BCUT2D eigenvalue weighted by atomic mass is 10.1. The molecule has 1 aromatic rings. The molecule has 0 bridgehead atoms. The molecule has 0 aliphatic rings. The number of ether oxygens (including phenoxy) is 2. The van der Waals surface area contributed by atoms with E-state index in [9.17, 15) is 4.79 Å². The number of carboxylic acid groups (broad SMARTS) is 1. The zero-order valence-electron chi connectivity index (χ0n) is 10.2. The summed E-state index contributed by atoms with van der Waals surface area (Å²) in [5, 5.41) is 8.96. The summed E-state index contributed by atoms with van der Waals surface area (Å²) in [5.41, 5.74) is 0. The molecule has 0 amide bonds. The summed E-state index contributed by atoms with van der Waals surface area (Å²) in [6.45, 7) is 2.17.